The van der Waals surface area contributed by atoms with Gasteiger partial charge in [-0.05, 0) is 24.5 Å². The van der Waals surface area contributed by atoms with Crippen LogP contribution in [-0.2, 0) is 4.79 Å². The third kappa shape index (κ3) is 4.00. The molecule has 0 aliphatic heterocycles. The van der Waals surface area contributed by atoms with Crippen molar-refractivity contribution in [2.75, 3.05) is 5.32 Å². The number of anilines is 1. The van der Waals surface area contributed by atoms with E-state index in [1.807, 2.05) is 0 Å². The highest BCUT2D eigenvalue weighted by atomic mass is 35.5. The Labute approximate surface area is 107 Å². The maximum absolute atomic E-state index is 11.7. The SMILES string of the molecule is O=C(CCC1CCCC1)Nc1ccnc(Cl)c1. The first-order valence-electron chi connectivity index (χ1n) is 6.15. The maximum atomic E-state index is 11.7. The quantitative estimate of drug-likeness (QED) is 0.832. The van der Waals surface area contributed by atoms with E-state index in [0.29, 0.717) is 11.6 Å². The van der Waals surface area contributed by atoms with Gasteiger partial charge in [-0.2, -0.15) is 0 Å². The van der Waals surface area contributed by atoms with E-state index in [4.69, 9.17) is 11.6 Å². The molecule has 1 N–H and O–H groups in total. The van der Waals surface area contributed by atoms with Crippen molar-refractivity contribution in [3.8, 4) is 0 Å². The summed E-state index contributed by atoms with van der Waals surface area (Å²) in [4.78, 5) is 15.6. The number of nitrogens with zero attached hydrogens (tertiary/aromatic N) is 1. The number of aromatic nitrogens is 1. The zero-order valence-corrected chi connectivity index (χ0v) is 10.5. The molecule has 1 aliphatic rings. The van der Waals surface area contributed by atoms with Gasteiger partial charge in [0.25, 0.3) is 0 Å². The first-order valence-corrected chi connectivity index (χ1v) is 6.53. The lowest BCUT2D eigenvalue weighted by Gasteiger charge is -2.09. The summed E-state index contributed by atoms with van der Waals surface area (Å²) in [6, 6.07) is 3.41. The number of rotatable bonds is 4. The van der Waals surface area contributed by atoms with Crippen LogP contribution in [0.2, 0.25) is 5.15 Å². The predicted molar refractivity (Wildman–Crippen MR) is 69.1 cm³/mol. The molecule has 92 valence electrons. The van der Waals surface area contributed by atoms with Gasteiger partial charge in [0.05, 0.1) is 0 Å². The summed E-state index contributed by atoms with van der Waals surface area (Å²) < 4.78 is 0. The molecule has 1 amide bonds. The second-order valence-electron chi connectivity index (χ2n) is 4.60. The molecular weight excluding hydrogens is 236 g/mol. The largest absolute Gasteiger partial charge is 0.326 e. The molecule has 0 atom stereocenters. The average Bonchev–Trinajstić information content (AvgIpc) is 2.79. The van der Waals surface area contributed by atoms with Gasteiger partial charge in [-0.15, -0.1) is 0 Å². The first kappa shape index (κ1) is 12.4. The Morgan fingerprint density at radius 1 is 1.47 bits per heavy atom. The van der Waals surface area contributed by atoms with E-state index in [1.165, 1.54) is 25.7 Å². The van der Waals surface area contributed by atoms with Crippen LogP contribution >= 0.6 is 11.6 Å². The van der Waals surface area contributed by atoms with Crippen LogP contribution < -0.4 is 5.32 Å². The lowest BCUT2D eigenvalue weighted by atomic mass is 10.0. The van der Waals surface area contributed by atoms with Crippen molar-refractivity contribution in [2.45, 2.75) is 38.5 Å². The molecule has 1 aromatic heterocycles. The molecule has 1 saturated carbocycles. The molecular formula is C13H17ClN2O. The van der Waals surface area contributed by atoms with Crippen LogP contribution in [0.5, 0.6) is 0 Å². The van der Waals surface area contributed by atoms with Crippen LogP contribution in [0.15, 0.2) is 18.3 Å². The highest BCUT2D eigenvalue weighted by molar-refractivity contribution is 6.29. The Kier molecular flexibility index (Phi) is 4.37. The molecule has 4 heteroatoms. The topological polar surface area (TPSA) is 42.0 Å². The summed E-state index contributed by atoms with van der Waals surface area (Å²) in [6.45, 7) is 0. The van der Waals surface area contributed by atoms with Gasteiger partial charge in [-0.25, -0.2) is 4.98 Å². The average molecular weight is 253 g/mol. The third-order valence-corrected chi connectivity index (χ3v) is 3.47. The van der Waals surface area contributed by atoms with Crippen LogP contribution in [0.4, 0.5) is 5.69 Å². The van der Waals surface area contributed by atoms with E-state index in [1.54, 1.807) is 18.3 Å². The van der Waals surface area contributed by atoms with Crippen molar-refractivity contribution in [1.82, 2.24) is 4.98 Å². The van der Waals surface area contributed by atoms with Crippen molar-refractivity contribution in [1.29, 1.82) is 0 Å². The summed E-state index contributed by atoms with van der Waals surface area (Å²) in [5.74, 6) is 0.820. The second-order valence-corrected chi connectivity index (χ2v) is 4.99. The number of amides is 1. The van der Waals surface area contributed by atoms with Crippen LogP contribution in [0, 0.1) is 5.92 Å². The van der Waals surface area contributed by atoms with E-state index >= 15 is 0 Å². The molecule has 3 nitrogen and oxygen atoms in total. The number of pyridine rings is 1. The molecule has 2 rings (SSSR count). The highest BCUT2D eigenvalue weighted by Gasteiger charge is 2.16. The van der Waals surface area contributed by atoms with Crippen LogP contribution in [0.1, 0.15) is 38.5 Å². The van der Waals surface area contributed by atoms with Gasteiger partial charge in [-0.3, -0.25) is 4.79 Å². The Hall–Kier alpha value is -1.09. The fraction of sp³-hybridized carbons (Fsp3) is 0.538. The molecule has 0 unspecified atom stereocenters. The molecule has 0 aromatic carbocycles. The molecule has 17 heavy (non-hydrogen) atoms. The van der Waals surface area contributed by atoms with Crippen molar-refractivity contribution in [3.05, 3.63) is 23.5 Å². The van der Waals surface area contributed by atoms with Crippen molar-refractivity contribution >= 4 is 23.2 Å². The van der Waals surface area contributed by atoms with E-state index < -0.39 is 0 Å². The second kappa shape index (κ2) is 6.01. The van der Waals surface area contributed by atoms with Crippen molar-refractivity contribution < 1.29 is 4.79 Å². The first-order chi connectivity index (χ1) is 8.24. The Balaban J connectivity index is 1.76. The Morgan fingerprint density at radius 3 is 2.94 bits per heavy atom. The van der Waals surface area contributed by atoms with Gasteiger partial charge >= 0.3 is 0 Å². The molecule has 1 heterocycles. The van der Waals surface area contributed by atoms with Crippen molar-refractivity contribution in [2.24, 2.45) is 5.92 Å². The lowest BCUT2D eigenvalue weighted by Crippen LogP contribution is -2.12. The Bertz CT molecular complexity index is 389. The number of hydrogen-bond donors (Lipinski definition) is 1. The normalized spacial score (nSPS) is 16.1. The van der Waals surface area contributed by atoms with E-state index in [-0.39, 0.29) is 5.91 Å². The summed E-state index contributed by atoms with van der Waals surface area (Å²) in [6.07, 6.45) is 8.42. The zero-order chi connectivity index (χ0) is 12.1. The van der Waals surface area contributed by atoms with Crippen molar-refractivity contribution in [3.63, 3.8) is 0 Å². The molecule has 1 aromatic rings. The lowest BCUT2D eigenvalue weighted by molar-refractivity contribution is -0.116. The summed E-state index contributed by atoms with van der Waals surface area (Å²) in [7, 11) is 0. The van der Waals surface area contributed by atoms with Crippen LogP contribution in [0.25, 0.3) is 0 Å². The Morgan fingerprint density at radius 2 is 2.24 bits per heavy atom. The fourth-order valence-corrected chi connectivity index (χ4v) is 2.51. The number of halogens is 1. The summed E-state index contributed by atoms with van der Waals surface area (Å²) in [5.41, 5.74) is 0.724. The van der Waals surface area contributed by atoms with E-state index in [2.05, 4.69) is 10.3 Å². The molecule has 1 fully saturated rings. The van der Waals surface area contributed by atoms with Gasteiger partial charge in [0.1, 0.15) is 5.15 Å². The highest BCUT2D eigenvalue weighted by Crippen LogP contribution is 2.28. The minimum absolute atomic E-state index is 0.0687. The van der Waals surface area contributed by atoms with Gasteiger partial charge in [0, 0.05) is 18.3 Å². The molecule has 0 spiro atoms. The fourth-order valence-electron chi connectivity index (χ4n) is 2.34. The maximum Gasteiger partial charge on any atom is 0.224 e. The number of nitrogens with one attached hydrogen (secondary N) is 1. The monoisotopic (exact) mass is 252 g/mol. The molecule has 0 saturated heterocycles. The van der Waals surface area contributed by atoms with Gasteiger partial charge in [0.2, 0.25) is 5.91 Å². The van der Waals surface area contributed by atoms with E-state index in [0.717, 1.165) is 18.0 Å². The van der Waals surface area contributed by atoms with Gasteiger partial charge in [0.15, 0.2) is 0 Å². The van der Waals surface area contributed by atoms with Crippen LogP contribution in [0.3, 0.4) is 0 Å². The molecule has 0 radical (unpaired) electrons. The van der Waals surface area contributed by atoms with Crippen LogP contribution in [-0.4, -0.2) is 10.9 Å². The minimum atomic E-state index is 0.0687. The summed E-state index contributed by atoms with van der Waals surface area (Å²) in [5, 5.41) is 3.24. The minimum Gasteiger partial charge on any atom is -0.326 e. The third-order valence-electron chi connectivity index (χ3n) is 3.26. The summed E-state index contributed by atoms with van der Waals surface area (Å²) >= 11 is 5.75. The molecule has 1 aliphatic carbocycles. The molecule has 0 bridgehead atoms. The predicted octanol–water partition coefficient (Wildman–Crippen LogP) is 3.64. The van der Waals surface area contributed by atoms with Gasteiger partial charge in [-0.1, -0.05) is 37.3 Å². The smallest absolute Gasteiger partial charge is 0.224 e. The number of carbonyl (C=O) groups is 1. The van der Waals surface area contributed by atoms with Gasteiger partial charge < -0.3 is 5.32 Å². The number of hydrogen-bond acceptors (Lipinski definition) is 2. The number of carbonyl (C=O) groups excluding carboxylic acids is 1. The standard InChI is InChI=1S/C13H17ClN2O/c14-12-9-11(7-8-15-12)16-13(17)6-5-10-3-1-2-4-10/h7-10H,1-6H2,(H,15,16,17). The van der Waals surface area contributed by atoms with E-state index in [9.17, 15) is 4.79 Å². The zero-order valence-electron chi connectivity index (χ0n) is 9.79.